The predicted octanol–water partition coefficient (Wildman–Crippen LogP) is 12.1. The molecule has 0 saturated heterocycles. The van der Waals surface area contributed by atoms with E-state index in [0.29, 0.717) is 0 Å². The lowest BCUT2D eigenvalue weighted by atomic mass is 9.78. The number of rotatable bonds is 8. The van der Waals surface area contributed by atoms with Gasteiger partial charge >= 0.3 is 0 Å². The van der Waals surface area contributed by atoms with E-state index in [2.05, 4.69) is 196 Å². The normalized spacial score (nSPS) is 16.2. The summed E-state index contributed by atoms with van der Waals surface area (Å²) in [5.74, 6) is 0. The van der Waals surface area contributed by atoms with E-state index in [9.17, 15) is 0 Å². The van der Waals surface area contributed by atoms with Gasteiger partial charge in [-0.3, -0.25) is 0 Å². The van der Waals surface area contributed by atoms with Gasteiger partial charge in [0.25, 0.3) is 0 Å². The molecular formula is C54H48N2PS+. The van der Waals surface area contributed by atoms with Crippen LogP contribution in [0.15, 0.2) is 177 Å². The lowest BCUT2D eigenvalue weighted by Crippen LogP contribution is -2.60. The van der Waals surface area contributed by atoms with Crippen LogP contribution in [0, 0.1) is 0 Å². The maximum atomic E-state index is 7.19. The van der Waals surface area contributed by atoms with E-state index in [4.69, 9.17) is 11.8 Å². The van der Waals surface area contributed by atoms with Crippen molar-refractivity contribution >= 4 is 71.9 Å². The first-order valence-corrected chi connectivity index (χ1v) is 23.4. The second-order valence-corrected chi connectivity index (χ2v) is 21.1. The molecule has 58 heavy (non-hydrogen) atoms. The number of nitrogens with zero attached hydrogens (tertiary/aromatic N) is 2. The van der Waals surface area contributed by atoms with Crippen molar-refractivity contribution in [2.75, 3.05) is 0 Å². The van der Waals surface area contributed by atoms with Crippen LogP contribution < -0.4 is 20.5 Å². The molecule has 8 aromatic rings. The summed E-state index contributed by atoms with van der Waals surface area (Å²) in [5, 5.41) is 8.61. The zero-order valence-corrected chi connectivity index (χ0v) is 35.5. The predicted molar refractivity (Wildman–Crippen MR) is 253 cm³/mol. The fourth-order valence-electron chi connectivity index (χ4n) is 10.5. The van der Waals surface area contributed by atoms with Crippen molar-refractivity contribution in [2.45, 2.75) is 57.9 Å². The van der Waals surface area contributed by atoms with Crippen molar-refractivity contribution in [3.05, 3.63) is 193 Å². The molecular weight excluding hydrogens is 740 g/mol. The standard InChI is InChI=1S/C54H48N2PS/c1-7-42-46-33-47-44-25-16-17-26-50(44)56(51(47)34-49(46)53(5,6)48(42)8-2)38-20-18-23-40(31-38)57(58,39-21-12-11-13-22-39)41-28-27-37-35-54(9-3,10-4)55-30-29-36-19-14-15-24-43(36)52(55)45(37)32-41/h7-8,11-34H,1-2,9-10,35H2,3-6H3/q+1. The van der Waals surface area contributed by atoms with Gasteiger partial charge < -0.3 is 4.57 Å². The summed E-state index contributed by atoms with van der Waals surface area (Å²) in [6.07, 6.45) is 9.49. The Morgan fingerprint density at radius 2 is 1.38 bits per heavy atom. The number of pyridine rings is 1. The molecule has 2 nitrogen and oxygen atoms in total. The Morgan fingerprint density at radius 3 is 2.14 bits per heavy atom. The van der Waals surface area contributed by atoms with Gasteiger partial charge in [-0.05, 0) is 91.6 Å². The lowest BCUT2D eigenvalue weighted by molar-refractivity contribution is -0.757. The molecule has 2 aliphatic rings. The van der Waals surface area contributed by atoms with E-state index in [-0.39, 0.29) is 11.0 Å². The highest BCUT2D eigenvalue weighted by molar-refractivity contribution is 8.25. The van der Waals surface area contributed by atoms with E-state index in [0.717, 1.165) is 24.9 Å². The highest BCUT2D eigenvalue weighted by atomic mass is 32.4. The molecule has 2 aromatic heterocycles. The molecule has 1 unspecified atom stereocenters. The van der Waals surface area contributed by atoms with Gasteiger partial charge in [-0.1, -0.05) is 156 Å². The maximum Gasteiger partial charge on any atom is 0.221 e. The van der Waals surface area contributed by atoms with Crippen LogP contribution in [0.4, 0.5) is 0 Å². The molecule has 0 N–H and O–H groups in total. The van der Waals surface area contributed by atoms with Crippen molar-refractivity contribution in [1.82, 2.24) is 4.57 Å². The Morgan fingerprint density at radius 1 is 0.672 bits per heavy atom. The van der Waals surface area contributed by atoms with Gasteiger partial charge in [0.1, 0.15) is 0 Å². The Labute approximate surface area is 347 Å². The minimum absolute atomic E-state index is 0.0239. The molecule has 4 heteroatoms. The van der Waals surface area contributed by atoms with Crippen molar-refractivity contribution in [2.24, 2.45) is 0 Å². The zero-order chi connectivity index (χ0) is 40.0. The molecule has 1 atom stereocenters. The van der Waals surface area contributed by atoms with Crippen LogP contribution in [-0.2, 0) is 29.2 Å². The van der Waals surface area contributed by atoms with Gasteiger partial charge in [0.2, 0.25) is 5.69 Å². The number of para-hydroxylation sites is 1. The number of allylic oxidation sites excluding steroid dienone is 4. The van der Waals surface area contributed by atoms with Crippen LogP contribution in [0.2, 0.25) is 0 Å². The van der Waals surface area contributed by atoms with E-state index in [1.807, 2.05) is 12.2 Å². The third-order valence-electron chi connectivity index (χ3n) is 13.6. The van der Waals surface area contributed by atoms with Crippen LogP contribution in [0.1, 0.15) is 57.2 Å². The first kappa shape index (κ1) is 36.7. The van der Waals surface area contributed by atoms with Crippen LogP contribution in [0.5, 0.6) is 0 Å². The molecule has 6 aromatic carbocycles. The summed E-state index contributed by atoms with van der Waals surface area (Å²) in [7, 11) is 0. The van der Waals surface area contributed by atoms with Gasteiger partial charge in [0, 0.05) is 53.2 Å². The SMILES string of the molecule is C=CC1=C(C=C)C(C)(C)c2cc3c(cc21)c1ccccc1n3-c1cccc(P(=S)(c2ccccc2)c2ccc3c(c2)-c2c4ccccc4cc[n+]2C(CC)(CC)C3)c1. The van der Waals surface area contributed by atoms with E-state index >= 15 is 0 Å². The molecule has 0 bridgehead atoms. The number of hydrogen-bond acceptors (Lipinski definition) is 1. The zero-order valence-electron chi connectivity index (χ0n) is 33.8. The Hall–Kier alpha value is -5.60. The quantitative estimate of drug-likeness (QED) is 0.110. The van der Waals surface area contributed by atoms with Crippen LogP contribution >= 0.6 is 6.04 Å². The highest BCUT2D eigenvalue weighted by Crippen LogP contribution is 2.50. The Balaban J connectivity index is 1.21. The average molecular weight is 788 g/mol. The summed E-state index contributed by atoms with van der Waals surface area (Å²) in [4.78, 5) is 0. The third kappa shape index (κ3) is 5.09. The molecule has 0 amide bonds. The Bertz CT molecular complexity index is 3100. The molecule has 1 aliphatic carbocycles. The Kier molecular flexibility index (Phi) is 8.54. The van der Waals surface area contributed by atoms with E-state index in [1.54, 1.807) is 0 Å². The number of hydrogen-bond donors (Lipinski definition) is 0. The van der Waals surface area contributed by atoms with Crippen LogP contribution in [0.3, 0.4) is 0 Å². The number of fused-ring (bicyclic) bond motifs is 9. The fraction of sp³-hybridized carbons (Fsp3) is 0.167. The highest BCUT2D eigenvalue weighted by Gasteiger charge is 2.45. The third-order valence-corrected chi connectivity index (χ3v) is 18.6. The lowest BCUT2D eigenvalue weighted by Gasteiger charge is -2.34. The van der Waals surface area contributed by atoms with Crippen molar-refractivity contribution in [3.63, 3.8) is 0 Å². The van der Waals surface area contributed by atoms with Gasteiger partial charge in [0.05, 0.1) is 22.0 Å². The second kappa shape index (κ2) is 13.5. The summed E-state index contributed by atoms with van der Waals surface area (Å²) >= 11 is 7.19. The largest absolute Gasteiger partial charge is 0.309 e. The topological polar surface area (TPSA) is 8.81 Å². The van der Waals surface area contributed by atoms with Gasteiger partial charge in [-0.2, -0.15) is 4.57 Å². The van der Waals surface area contributed by atoms with Crippen LogP contribution in [-0.4, -0.2) is 4.57 Å². The molecule has 0 fully saturated rings. The minimum Gasteiger partial charge on any atom is -0.309 e. The van der Waals surface area contributed by atoms with E-state index < -0.39 is 6.04 Å². The molecule has 0 saturated carbocycles. The molecule has 10 rings (SSSR count). The average Bonchev–Trinajstić information content (AvgIpc) is 3.71. The first-order chi connectivity index (χ1) is 28.2. The molecule has 284 valence electrons. The second-order valence-electron chi connectivity index (χ2n) is 16.7. The van der Waals surface area contributed by atoms with Gasteiger partial charge in [0.15, 0.2) is 11.7 Å². The summed E-state index contributed by atoms with van der Waals surface area (Å²) < 4.78 is 5.05. The maximum absolute atomic E-state index is 7.19. The molecule has 0 radical (unpaired) electrons. The minimum atomic E-state index is -2.57. The van der Waals surface area contributed by atoms with Gasteiger partial charge in [-0.15, -0.1) is 0 Å². The summed E-state index contributed by atoms with van der Waals surface area (Å²) in [6, 6.07) is 49.4. The van der Waals surface area contributed by atoms with Crippen LogP contribution in [0.25, 0.3) is 55.1 Å². The van der Waals surface area contributed by atoms with E-state index in [1.165, 1.54) is 87.6 Å². The molecule has 0 spiro atoms. The monoisotopic (exact) mass is 787 g/mol. The summed E-state index contributed by atoms with van der Waals surface area (Å²) in [5.41, 5.74) is 12.3. The molecule has 1 aliphatic heterocycles. The number of aromatic nitrogens is 2. The fourth-order valence-corrected chi connectivity index (χ4v) is 14.2. The van der Waals surface area contributed by atoms with Crippen molar-refractivity contribution in [1.29, 1.82) is 0 Å². The van der Waals surface area contributed by atoms with Gasteiger partial charge in [-0.25, -0.2) is 0 Å². The molecule has 3 heterocycles. The first-order valence-electron chi connectivity index (χ1n) is 20.6. The summed E-state index contributed by atoms with van der Waals surface area (Å²) in [6.45, 7) is 17.7. The van der Waals surface area contributed by atoms with Crippen molar-refractivity contribution in [3.8, 4) is 16.9 Å². The van der Waals surface area contributed by atoms with Crippen molar-refractivity contribution < 1.29 is 4.57 Å². The smallest absolute Gasteiger partial charge is 0.221 e. The number of benzene rings is 6.